The zero-order chi connectivity index (χ0) is 14.2. The molecular weight excluding hydrogens is 268 g/mol. The highest BCUT2D eigenvalue weighted by Crippen LogP contribution is 2.09. The Bertz CT molecular complexity index is 716. The van der Waals surface area contributed by atoms with Gasteiger partial charge >= 0.3 is 0 Å². The van der Waals surface area contributed by atoms with E-state index in [9.17, 15) is 18.0 Å². The number of H-pyrrole nitrogens is 1. The van der Waals surface area contributed by atoms with Crippen LogP contribution in [0.2, 0.25) is 0 Å². The van der Waals surface area contributed by atoms with Crippen molar-refractivity contribution in [3.8, 4) is 0 Å². The quantitative estimate of drug-likeness (QED) is 0.800. The second-order valence-electron chi connectivity index (χ2n) is 4.56. The van der Waals surface area contributed by atoms with Crippen LogP contribution in [0.1, 0.15) is 21.6 Å². The lowest BCUT2D eigenvalue weighted by molar-refractivity contribution is 0.0946. The second kappa shape index (κ2) is 4.65. The van der Waals surface area contributed by atoms with E-state index >= 15 is 0 Å². The van der Waals surface area contributed by atoms with Crippen LogP contribution >= 0.6 is 0 Å². The first-order valence-corrected chi connectivity index (χ1v) is 7.42. The Morgan fingerprint density at radius 1 is 1.42 bits per heavy atom. The van der Waals surface area contributed by atoms with Crippen LogP contribution in [0.25, 0.3) is 0 Å². The van der Waals surface area contributed by atoms with E-state index < -0.39 is 27.3 Å². The second-order valence-corrected chi connectivity index (χ2v) is 6.49. The molecule has 0 unspecified atom stereocenters. The van der Waals surface area contributed by atoms with Crippen LogP contribution in [0, 0.1) is 13.8 Å². The third-order valence-electron chi connectivity index (χ3n) is 2.99. The van der Waals surface area contributed by atoms with Gasteiger partial charge in [-0.05, 0) is 31.6 Å². The van der Waals surface area contributed by atoms with Gasteiger partial charge in [0, 0.05) is 11.1 Å². The summed E-state index contributed by atoms with van der Waals surface area (Å²) in [6, 6.07) is 0.912. The van der Waals surface area contributed by atoms with Crippen molar-refractivity contribution in [3.63, 3.8) is 0 Å². The van der Waals surface area contributed by atoms with E-state index in [0.29, 0.717) is 5.69 Å². The Kier molecular flexibility index (Phi) is 3.32. The summed E-state index contributed by atoms with van der Waals surface area (Å²) in [6.45, 7) is 3.52. The minimum atomic E-state index is -3.23. The van der Waals surface area contributed by atoms with Crippen molar-refractivity contribution in [3.05, 3.63) is 44.7 Å². The molecule has 2 N–H and O–H groups in total. The largest absolute Gasteiger partial charge is 0.345 e. The van der Waals surface area contributed by atoms with Gasteiger partial charge in [0.2, 0.25) is 0 Å². The van der Waals surface area contributed by atoms with Gasteiger partial charge in [0.15, 0.2) is 9.84 Å². The summed E-state index contributed by atoms with van der Waals surface area (Å²) >= 11 is 0. The SMILES string of the molecule is Cc1cc(C(=O)N[C@H]2C=CS(=O)(=O)C2)c(=O)[nH]c1C. The molecule has 2 rings (SSSR count). The van der Waals surface area contributed by atoms with Crippen molar-refractivity contribution in [1.29, 1.82) is 0 Å². The minimum Gasteiger partial charge on any atom is -0.345 e. The molecule has 19 heavy (non-hydrogen) atoms. The Hall–Kier alpha value is -1.89. The maximum Gasteiger partial charge on any atom is 0.261 e. The number of aryl methyl sites for hydroxylation is 2. The molecule has 0 spiro atoms. The van der Waals surface area contributed by atoms with Crippen molar-refractivity contribution >= 4 is 15.7 Å². The van der Waals surface area contributed by atoms with E-state index in [2.05, 4.69) is 10.3 Å². The number of pyridine rings is 1. The van der Waals surface area contributed by atoms with E-state index in [1.54, 1.807) is 13.8 Å². The van der Waals surface area contributed by atoms with Crippen LogP contribution in [0.4, 0.5) is 0 Å². The first-order valence-electron chi connectivity index (χ1n) is 5.71. The van der Waals surface area contributed by atoms with Gasteiger partial charge in [0.1, 0.15) is 5.56 Å². The van der Waals surface area contributed by atoms with Gasteiger partial charge in [0.25, 0.3) is 11.5 Å². The lowest BCUT2D eigenvalue weighted by Crippen LogP contribution is -2.38. The normalized spacial score (nSPS) is 20.4. The van der Waals surface area contributed by atoms with Gasteiger partial charge in [-0.2, -0.15) is 0 Å². The molecule has 0 saturated heterocycles. The van der Waals surface area contributed by atoms with Crippen LogP contribution in [-0.4, -0.2) is 31.1 Å². The van der Waals surface area contributed by atoms with Gasteiger partial charge in [-0.1, -0.05) is 0 Å². The number of sulfone groups is 1. The summed E-state index contributed by atoms with van der Waals surface area (Å²) in [5.74, 6) is -0.738. The summed E-state index contributed by atoms with van der Waals surface area (Å²) in [5, 5.41) is 3.59. The molecule has 1 aliphatic heterocycles. The number of hydrogen-bond donors (Lipinski definition) is 2. The Labute approximate surface area is 110 Å². The third-order valence-corrected chi connectivity index (χ3v) is 4.38. The molecule has 1 amide bonds. The number of aromatic nitrogens is 1. The fourth-order valence-electron chi connectivity index (χ4n) is 1.81. The molecule has 6 nitrogen and oxygen atoms in total. The zero-order valence-corrected chi connectivity index (χ0v) is 11.4. The molecule has 2 heterocycles. The van der Waals surface area contributed by atoms with E-state index in [1.165, 1.54) is 12.1 Å². The molecule has 0 saturated carbocycles. The smallest absolute Gasteiger partial charge is 0.261 e. The standard InChI is InChI=1S/C12H14N2O4S/c1-7-5-10(11(15)13-8(7)2)12(16)14-9-3-4-19(17,18)6-9/h3-5,9H,6H2,1-2H3,(H,13,15)(H,14,16)/t9-/m0/s1. The molecule has 1 aromatic rings. The summed E-state index contributed by atoms with van der Waals surface area (Å²) < 4.78 is 22.4. The maximum absolute atomic E-state index is 11.9. The Balaban J connectivity index is 2.20. The number of rotatable bonds is 2. The average Bonchev–Trinajstić information content (AvgIpc) is 2.63. The molecule has 0 aliphatic carbocycles. The first kappa shape index (κ1) is 13.5. The zero-order valence-electron chi connectivity index (χ0n) is 10.6. The summed E-state index contributed by atoms with van der Waals surface area (Å²) in [5.41, 5.74) is 0.996. The predicted molar refractivity (Wildman–Crippen MR) is 70.7 cm³/mol. The van der Waals surface area contributed by atoms with Crippen molar-refractivity contribution in [2.24, 2.45) is 0 Å². The van der Waals surface area contributed by atoms with E-state index in [-0.39, 0.29) is 11.3 Å². The number of carbonyl (C=O) groups is 1. The fourth-order valence-corrected chi connectivity index (χ4v) is 3.04. The Morgan fingerprint density at radius 3 is 2.68 bits per heavy atom. The van der Waals surface area contributed by atoms with Gasteiger partial charge in [-0.3, -0.25) is 9.59 Å². The molecule has 0 fully saturated rings. The molecule has 102 valence electrons. The monoisotopic (exact) mass is 282 g/mol. The molecule has 1 atom stereocenters. The predicted octanol–water partition coefficient (Wildman–Crippen LogP) is 0.0322. The molecule has 0 radical (unpaired) electrons. The topological polar surface area (TPSA) is 96.1 Å². The summed E-state index contributed by atoms with van der Waals surface area (Å²) in [6.07, 6.45) is 1.41. The van der Waals surface area contributed by atoms with Gasteiger partial charge < -0.3 is 10.3 Å². The lowest BCUT2D eigenvalue weighted by atomic mass is 10.1. The number of carbonyl (C=O) groups excluding carboxylic acids is 1. The minimum absolute atomic E-state index is 0.0132. The fraction of sp³-hybridized carbons (Fsp3) is 0.333. The molecule has 0 aromatic carbocycles. The van der Waals surface area contributed by atoms with Crippen molar-refractivity contribution in [2.75, 3.05) is 5.75 Å². The number of aromatic amines is 1. The van der Waals surface area contributed by atoms with Crippen LogP contribution < -0.4 is 10.9 Å². The highest BCUT2D eigenvalue weighted by Gasteiger charge is 2.24. The van der Waals surface area contributed by atoms with Crippen LogP contribution in [0.5, 0.6) is 0 Å². The molecule has 1 aliphatic rings. The number of amides is 1. The molecule has 0 bridgehead atoms. The third kappa shape index (κ3) is 2.93. The average molecular weight is 282 g/mol. The summed E-state index contributed by atoms with van der Waals surface area (Å²) in [4.78, 5) is 26.2. The van der Waals surface area contributed by atoms with E-state index in [0.717, 1.165) is 11.0 Å². The molecular formula is C12H14N2O4S. The van der Waals surface area contributed by atoms with Crippen LogP contribution in [-0.2, 0) is 9.84 Å². The highest BCUT2D eigenvalue weighted by molar-refractivity contribution is 7.94. The molecule has 1 aromatic heterocycles. The number of hydrogen-bond acceptors (Lipinski definition) is 4. The van der Waals surface area contributed by atoms with Crippen LogP contribution in [0.3, 0.4) is 0 Å². The van der Waals surface area contributed by atoms with Crippen molar-refractivity contribution < 1.29 is 13.2 Å². The van der Waals surface area contributed by atoms with E-state index in [1.807, 2.05) is 0 Å². The van der Waals surface area contributed by atoms with Gasteiger partial charge in [0.05, 0.1) is 11.8 Å². The maximum atomic E-state index is 11.9. The van der Waals surface area contributed by atoms with E-state index in [4.69, 9.17) is 0 Å². The van der Waals surface area contributed by atoms with Crippen molar-refractivity contribution in [2.45, 2.75) is 19.9 Å². The summed E-state index contributed by atoms with van der Waals surface area (Å²) in [7, 11) is -3.23. The molecule has 7 heteroatoms. The van der Waals surface area contributed by atoms with Gasteiger partial charge in [-0.15, -0.1) is 0 Å². The van der Waals surface area contributed by atoms with Crippen LogP contribution in [0.15, 0.2) is 22.3 Å². The van der Waals surface area contributed by atoms with Gasteiger partial charge in [-0.25, -0.2) is 8.42 Å². The van der Waals surface area contributed by atoms with Crippen molar-refractivity contribution in [1.82, 2.24) is 10.3 Å². The Morgan fingerprint density at radius 2 is 2.11 bits per heavy atom. The lowest BCUT2D eigenvalue weighted by Gasteiger charge is -2.10. The first-order chi connectivity index (χ1) is 8.78. The highest BCUT2D eigenvalue weighted by atomic mass is 32.2. The number of nitrogens with one attached hydrogen (secondary N) is 2.